The van der Waals surface area contributed by atoms with Crippen LogP contribution < -0.4 is 5.32 Å². The molecule has 3 nitrogen and oxygen atoms in total. The van der Waals surface area contributed by atoms with Crippen LogP contribution in [0.5, 0.6) is 0 Å². The Bertz CT molecular complexity index is 455. The third-order valence-corrected chi connectivity index (χ3v) is 3.90. The fourth-order valence-electron chi connectivity index (χ4n) is 2.75. The summed E-state index contributed by atoms with van der Waals surface area (Å²) in [5.74, 6) is 0.0658. The molecule has 0 radical (unpaired) electrons. The molecule has 0 saturated heterocycles. The van der Waals surface area contributed by atoms with Gasteiger partial charge in [0.05, 0.1) is 5.41 Å². The maximum absolute atomic E-state index is 12.2. The number of nitrogens with one attached hydrogen (secondary N) is 1. The van der Waals surface area contributed by atoms with Gasteiger partial charge in [-0.3, -0.25) is 4.79 Å². The topological polar surface area (TPSA) is 46.2 Å². The number of para-hydroxylation sites is 1. The van der Waals surface area contributed by atoms with Crippen LogP contribution >= 0.6 is 0 Å². The lowest BCUT2D eigenvalue weighted by Gasteiger charge is -2.30. The lowest BCUT2D eigenvalue weighted by molar-refractivity contribution is -0.122. The van der Waals surface area contributed by atoms with Crippen molar-refractivity contribution in [2.75, 3.05) is 5.32 Å². The zero-order chi connectivity index (χ0) is 12.5. The Balaban J connectivity index is 2.48. The van der Waals surface area contributed by atoms with Crippen LogP contribution in [0.1, 0.15) is 32.3 Å². The van der Waals surface area contributed by atoms with Crippen LogP contribution in [-0.4, -0.2) is 12.2 Å². The summed E-state index contributed by atoms with van der Waals surface area (Å²) in [6, 6.07) is 7.73. The standard InChI is InChI=1S/C14H17NO2/c1-3-10(8-9-16)14(2)11-6-4-5-7-12(11)15-13(14)17/h4-7,9-10H,3,8H2,1-2H3,(H,15,17)/t10-,14?/m1/s1. The first kappa shape index (κ1) is 11.8. The second kappa shape index (κ2) is 4.32. The Morgan fingerprint density at radius 3 is 2.76 bits per heavy atom. The molecule has 0 aliphatic carbocycles. The van der Waals surface area contributed by atoms with E-state index in [2.05, 4.69) is 5.32 Å². The molecule has 0 aromatic heterocycles. The molecule has 1 aromatic carbocycles. The Morgan fingerprint density at radius 2 is 2.12 bits per heavy atom. The van der Waals surface area contributed by atoms with Gasteiger partial charge in [0, 0.05) is 12.1 Å². The SMILES string of the molecule is CC[C@H](CC=O)C1(C)C(=O)Nc2ccccc21. The molecule has 0 saturated carbocycles. The fraction of sp³-hybridized carbons (Fsp3) is 0.429. The Morgan fingerprint density at radius 1 is 1.41 bits per heavy atom. The van der Waals surface area contributed by atoms with Crippen LogP contribution in [0.15, 0.2) is 24.3 Å². The molecule has 1 aliphatic rings. The van der Waals surface area contributed by atoms with Crippen molar-refractivity contribution >= 4 is 17.9 Å². The van der Waals surface area contributed by atoms with E-state index >= 15 is 0 Å². The van der Waals surface area contributed by atoms with Crippen molar-refractivity contribution in [1.82, 2.24) is 0 Å². The van der Waals surface area contributed by atoms with Gasteiger partial charge in [0.15, 0.2) is 0 Å². The van der Waals surface area contributed by atoms with Gasteiger partial charge >= 0.3 is 0 Å². The first-order chi connectivity index (χ1) is 8.14. The number of carbonyl (C=O) groups is 2. The van der Waals surface area contributed by atoms with Gasteiger partial charge in [0.25, 0.3) is 0 Å². The molecule has 1 heterocycles. The molecule has 1 aromatic rings. The summed E-state index contributed by atoms with van der Waals surface area (Å²) in [4.78, 5) is 23.0. The van der Waals surface area contributed by atoms with E-state index in [0.29, 0.717) is 6.42 Å². The zero-order valence-corrected chi connectivity index (χ0v) is 10.2. The number of carbonyl (C=O) groups excluding carboxylic acids is 2. The molecule has 1 amide bonds. The highest BCUT2D eigenvalue weighted by molar-refractivity contribution is 6.06. The summed E-state index contributed by atoms with van der Waals surface area (Å²) < 4.78 is 0. The highest BCUT2D eigenvalue weighted by Crippen LogP contribution is 2.44. The highest BCUT2D eigenvalue weighted by atomic mass is 16.2. The molecule has 17 heavy (non-hydrogen) atoms. The summed E-state index contributed by atoms with van der Waals surface area (Å²) in [7, 11) is 0. The van der Waals surface area contributed by atoms with Gasteiger partial charge in [-0.2, -0.15) is 0 Å². The van der Waals surface area contributed by atoms with Gasteiger partial charge in [-0.15, -0.1) is 0 Å². The molecule has 3 heteroatoms. The van der Waals surface area contributed by atoms with E-state index in [-0.39, 0.29) is 11.8 Å². The van der Waals surface area contributed by atoms with Crippen LogP contribution in [0.3, 0.4) is 0 Å². The molecule has 0 bridgehead atoms. The van der Waals surface area contributed by atoms with E-state index in [1.807, 2.05) is 38.1 Å². The normalized spacial score (nSPS) is 24.0. The monoisotopic (exact) mass is 231 g/mol. The first-order valence-electron chi connectivity index (χ1n) is 5.99. The smallest absolute Gasteiger partial charge is 0.235 e. The molecule has 1 N–H and O–H groups in total. The average Bonchev–Trinajstić information content (AvgIpc) is 2.60. The Hall–Kier alpha value is -1.64. The predicted molar refractivity (Wildman–Crippen MR) is 66.9 cm³/mol. The number of benzene rings is 1. The number of fused-ring (bicyclic) bond motifs is 1. The van der Waals surface area contributed by atoms with Gasteiger partial charge in [-0.05, 0) is 24.5 Å². The minimum Gasteiger partial charge on any atom is -0.325 e. The quantitative estimate of drug-likeness (QED) is 0.809. The average molecular weight is 231 g/mol. The Labute approximate surface area is 101 Å². The third kappa shape index (κ3) is 1.66. The van der Waals surface area contributed by atoms with Crippen molar-refractivity contribution in [3.63, 3.8) is 0 Å². The van der Waals surface area contributed by atoms with Gasteiger partial charge < -0.3 is 10.1 Å². The summed E-state index contributed by atoms with van der Waals surface area (Å²) in [6.45, 7) is 3.96. The van der Waals surface area contributed by atoms with Crippen molar-refractivity contribution in [2.45, 2.75) is 32.1 Å². The lowest BCUT2D eigenvalue weighted by Crippen LogP contribution is -2.39. The van der Waals surface area contributed by atoms with Crippen molar-refractivity contribution in [3.05, 3.63) is 29.8 Å². The van der Waals surface area contributed by atoms with E-state index in [9.17, 15) is 9.59 Å². The first-order valence-corrected chi connectivity index (χ1v) is 5.99. The number of rotatable bonds is 4. The number of amides is 1. The van der Waals surface area contributed by atoms with Gasteiger partial charge in [0.1, 0.15) is 6.29 Å². The van der Waals surface area contributed by atoms with Crippen LogP contribution in [0.2, 0.25) is 0 Å². The van der Waals surface area contributed by atoms with E-state index in [0.717, 1.165) is 24.0 Å². The van der Waals surface area contributed by atoms with Crippen LogP contribution in [0.4, 0.5) is 5.69 Å². The van der Waals surface area contributed by atoms with Crippen LogP contribution in [0.25, 0.3) is 0 Å². The lowest BCUT2D eigenvalue weighted by atomic mass is 9.70. The van der Waals surface area contributed by atoms with Crippen molar-refractivity contribution < 1.29 is 9.59 Å². The predicted octanol–water partition coefficient (Wildman–Crippen LogP) is 2.51. The van der Waals surface area contributed by atoms with E-state index in [1.54, 1.807) is 0 Å². The van der Waals surface area contributed by atoms with E-state index in [4.69, 9.17) is 0 Å². The number of anilines is 1. The summed E-state index contributed by atoms with van der Waals surface area (Å²) in [5, 5.41) is 2.91. The van der Waals surface area contributed by atoms with Crippen molar-refractivity contribution in [2.24, 2.45) is 5.92 Å². The minimum absolute atomic E-state index is 0.00685. The van der Waals surface area contributed by atoms with E-state index < -0.39 is 5.41 Å². The number of aldehydes is 1. The second-order valence-corrected chi connectivity index (χ2v) is 4.71. The molecular formula is C14H17NO2. The summed E-state index contributed by atoms with van der Waals surface area (Å²) in [6.07, 6.45) is 2.15. The van der Waals surface area contributed by atoms with Crippen molar-refractivity contribution in [1.29, 1.82) is 0 Å². The molecule has 2 atom stereocenters. The number of hydrogen-bond donors (Lipinski definition) is 1. The van der Waals surface area contributed by atoms with Gasteiger partial charge in [0.2, 0.25) is 5.91 Å². The zero-order valence-electron chi connectivity index (χ0n) is 10.2. The fourth-order valence-corrected chi connectivity index (χ4v) is 2.75. The van der Waals surface area contributed by atoms with Crippen LogP contribution in [0, 0.1) is 5.92 Å². The third-order valence-electron chi connectivity index (χ3n) is 3.90. The maximum Gasteiger partial charge on any atom is 0.235 e. The Kier molecular flexibility index (Phi) is 3.01. The minimum atomic E-state index is -0.577. The second-order valence-electron chi connectivity index (χ2n) is 4.71. The van der Waals surface area contributed by atoms with Gasteiger partial charge in [-0.25, -0.2) is 0 Å². The summed E-state index contributed by atoms with van der Waals surface area (Å²) in [5.41, 5.74) is 1.31. The van der Waals surface area contributed by atoms with E-state index in [1.165, 1.54) is 0 Å². The highest BCUT2D eigenvalue weighted by Gasteiger charge is 2.47. The number of hydrogen-bond acceptors (Lipinski definition) is 2. The molecular weight excluding hydrogens is 214 g/mol. The molecule has 1 unspecified atom stereocenters. The summed E-state index contributed by atoms with van der Waals surface area (Å²) >= 11 is 0. The largest absolute Gasteiger partial charge is 0.325 e. The molecule has 2 rings (SSSR count). The maximum atomic E-state index is 12.2. The van der Waals surface area contributed by atoms with Crippen LogP contribution in [-0.2, 0) is 15.0 Å². The molecule has 1 aliphatic heterocycles. The van der Waals surface area contributed by atoms with Crippen molar-refractivity contribution in [3.8, 4) is 0 Å². The molecule has 90 valence electrons. The van der Waals surface area contributed by atoms with Gasteiger partial charge in [-0.1, -0.05) is 31.5 Å². The molecule has 0 fully saturated rings. The molecule has 0 spiro atoms.